The van der Waals surface area contributed by atoms with Crippen LogP contribution < -0.4 is 16.0 Å². The number of halogens is 1. The first-order valence-electron chi connectivity index (χ1n) is 9.40. The van der Waals surface area contributed by atoms with Crippen molar-refractivity contribution >= 4 is 36.0 Å². The molecule has 1 aromatic rings. The highest BCUT2D eigenvalue weighted by Crippen LogP contribution is 2.05. The zero-order valence-corrected chi connectivity index (χ0v) is 19.2. The highest BCUT2D eigenvalue weighted by molar-refractivity contribution is 14.0. The number of nitrogens with zero attached hydrogens (tertiary/aromatic N) is 2. The van der Waals surface area contributed by atoms with Crippen molar-refractivity contribution in [3.8, 4) is 0 Å². The maximum atomic E-state index is 11.7. The van der Waals surface area contributed by atoms with Crippen LogP contribution in [0.1, 0.15) is 39.8 Å². The topological polar surface area (TPSA) is 87.6 Å². The number of alkyl carbamates (subject to hydrolysis) is 1. The number of guanidine groups is 1. The molecule has 1 unspecified atom stereocenters. The summed E-state index contributed by atoms with van der Waals surface area (Å²) < 4.78 is 4.99. The van der Waals surface area contributed by atoms with Crippen LogP contribution in [0.25, 0.3) is 0 Å². The molecule has 1 heterocycles. The van der Waals surface area contributed by atoms with Crippen LogP contribution in [0.5, 0.6) is 0 Å². The molecule has 0 aliphatic carbocycles. The molecular formula is C19H34IN5O2. The molecule has 0 saturated carbocycles. The summed E-state index contributed by atoms with van der Waals surface area (Å²) >= 11 is 0. The van der Waals surface area contributed by atoms with Gasteiger partial charge >= 0.3 is 6.09 Å². The van der Waals surface area contributed by atoms with Crippen molar-refractivity contribution in [2.75, 3.05) is 26.2 Å². The van der Waals surface area contributed by atoms with E-state index in [2.05, 4.69) is 39.8 Å². The summed E-state index contributed by atoms with van der Waals surface area (Å²) in [5, 5.41) is 9.44. The Morgan fingerprint density at radius 2 is 2.04 bits per heavy atom. The van der Waals surface area contributed by atoms with Crippen molar-refractivity contribution < 1.29 is 9.53 Å². The first kappa shape index (κ1) is 25.4. The zero-order chi connectivity index (χ0) is 19.2. The van der Waals surface area contributed by atoms with E-state index in [0.717, 1.165) is 37.6 Å². The lowest BCUT2D eigenvalue weighted by Gasteiger charge is -2.19. The van der Waals surface area contributed by atoms with Crippen molar-refractivity contribution in [2.24, 2.45) is 10.9 Å². The summed E-state index contributed by atoms with van der Waals surface area (Å²) in [7, 11) is 0. The monoisotopic (exact) mass is 491 g/mol. The summed E-state index contributed by atoms with van der Waals surface area (Å²) in [6.07, 6.45) is 3.07. The van der Waals surface area contributed by atoms with E-state index in [1.807, 2.05) is 25.1 Å². The second-order valence-electron chi connectivity index (χ2n) is 6.41. The molecule has 1 rings (SSSR count). The minimum Gasteiger partial charge on any atom is -0.450 e. The van der Waals surface area contributed by atoms with Gasteiger partial charge in [-0.25, -0.2) is 4.79 Å². The Hall–Kier alpha value is -1.58. The SMILES string of the molecule is CCNC(=NCC(CC(C)C)NC(=O)OCC)NCCc1ccccn1.I. The largest absolute Gasteiger partial charge is 0.450 e. The van der Waals surface area contributed by atoms with Crippen molar-refractivity contribution in [1.82, 2.24) is 20.9 Å². The van der Waals surface area contributed by atoms with E-state index >= 15 is 0 Å². The molecule has 0 saturated heterocycles. The number of rotatable bonds is 10. The first-order chi connectivity index (χ1) is 12.5. The van der Waals surface area contributed by atoms with Gasteiger partial charge in [-0.1, -0.05) is 19.9 Å². The zero-order valence-electron chi connectivity index (χ0n) is 16.8. The Bertz CT molecular complexity index is 540. The predicted octanol–water partition coefficient (Wildman–Crippen LogP) is 2.96. The number of hydrogen-bond donors (Lipinski definition) is 3. The predicted molar refractivity (Wildman–Crippen MR) is 121 cm³/mol. The van der Waals surface area contributed by atoms with E-state index in [9.17, 15) is 4.79 Å². The quantitative estimate of drug-likeness (QED) is 0.266. The average Bonchev–Trinajstić information content (AvgIpc) is 2.60. The van der Waals surface area contributed by atoms with Crippen LogP contribution in [0, 0.1) is 5.92 Å². The molecule has 1 amide bonds. The average molecular weight is 491 g/mol. The number of ether oxygens (including phenoxy) is 1. The molecule has 27 heavy (non-hydrogen) atoms. The van der Waals surface area contributed by atoms with Crippen LogP contribution in [-0.4, -0.2) is 49.3 Å². The molecule has 0 aliphatic rings. The third-order valence-corrected chi connectivity index (χ3v) is 3.57. The van der Waals surface area contributed by atoms with Gasteiger partial charge in [0.15, 0.2) is 5.96 Å². The number of carbonyl (C=O) groups is 1. The van der Waals surface area contributed by atoms with Gasteiger partial charge in [0.25, 0.3) is 0 Å². The normalized spacial score (nSPS) is 12.1. The van der Waals surface area contributed by atoms with Crippen LogP contribution >= 0.6 is 24.0 Å². The van der Waals surface area contributed by atoms with Crippen LogP contribution in [0.15, 0.2) is 29.4 Å². The number of amides is 1. The molecular weight excluding hydrogens is 457 g/mol. The highest BCUT2D eigenvalue weighted by atomic mass is 127. The lowest BCUT2D eigenvalue weighted by atomic mass is 10.0. The maximum Gasteiger partial charge on any atom is 0.407 e. The number of pyridine rings is 1. The summed E-state index contributed by atoms with van der Waals surface area (Å²) in [5.74, 6) is 1.19. The Labute approximate surface area is 180 Å². The number of nitrogens with one attached hydrogen (secondary N) is 3. The van der Waals surface area contributed by atoms with Gasteiger partial charge in [-0.05, 0) is 38.3 Å². The molecule has 0 spiro atoms. The van der Waals surface area contributed by atoms with Gasteiger partial charge in [-0.15, -0.1) is 24.0 Å². The van der Waals surface area contributed by atoms with Gasteiger partial charge in [0.1, 0.15) is 0 Å². The van der Waals surface area contributed by atoms with E-state index < -0.39 is 0 Å². The summed E-state index contributed by atoms with van der Waals surface area (Å²) in [5.41, 5.74) is 1.04. The van der Waals surface area contributed by atoms with Gasteiger partial charge < -0.3 is 20.7 Å². The molecule has 0 fully saturated rings. The number of carbonyl (C=O) groups excluding carboxylic acids is 1. The third-order valence-electron chi connectivity index (χ3n) is 3.57. The fourth-order valence-electron chi connectivity index (χ4n) is 2.49. The van der Waals surface area contributed by atoms with Crippen LogP contribution in [-0.2, 0) is 11.2 Å². The van der Waals surface area contributed by atoms with E-state index in [4.69, 9.17) is 4.74 Å². The summed E-state index contributed by atoms with van der Waals surface area (Å²) in [6, 6.07) is 5.85. The lowest BCUT2D eigenvalue weighted by molar-refractivity contribution is 0.147. The van der Waals surface area contributed by atoms with Gasteiger partial charge in [0, 0.05) is 31.4 Å². The van der Waals surface area contributed by atoms with Crippen molar-refractivity contribution in [3.05, 3.63) is 30.1 Å². The van der Waals surface area contributed by atoms with E-state index in [0.29, 0.717) is 19.1 Å². The molecule has 7 nitrogen and oxygen atoms in total. The van der Waals surface area contributed by atoms with Crippen molar-refractivity contribution in [1.29, 1.82) is 0 Å². The molecule has 0 radical (unpaired) electrons. The molecule has 0 bridgehead atoms. The van der Waals surface area contributed by atoms with Gasteiger partial charge in [-0.2, -0.15) is 0 Å². The molecule has 8 heteroatoms. The lowest BCUT2D eigenvalue weighted by Crippen LogP contribution is -2.42. The second kappa shape index (κ2) is 15.5. The van der Waals surface area contributed by atoms with E-state index in [-0.39, 0.29) is 36.1 Å². The summed E-state index contributed by atoms with van der Waals surface area (Å²) in [4.78, 5) is 20.6. The standard InChI is InChI=1S/C19H33N5O2.HI/c1-5-20-18(22-12-10-16-9-7-8-11-21-16)23-14-17(13-15(3)4)24-19(25)26-6-2;/h7-9,11,15,17H,5-6,10,12-14H2,1-4H3,(H,24,25)(H2,20,22,23);1H. The molecule has 1 atom stereocenters. The second-order valence-corrected chi connectivity index (χ2v) is 6.41. The minimum absolute atomic E-state index is 0. The molecule has 3 N–H and O–H groups in total. The number of aromatic nitrogens is 1. The van der Waals surface area contributed by atoms with Gasteiger partial charge in [-0.3, -0.25) is 9.98 Å². The maximum absolute atomic E-state index is 11.7. The van der Waals surface area contributed by atoms with Crippen molar-refractivity contribution in [3.63, 3.8) is 0 Å². The van der Waals surface area contributed by atoms with Crippen LogP contribution in [0.4, 0.5) is 4.79 Å². The molecule has 0 aliphatic heterocycles. The minimum atomic E-state index is -0.388. The van der Waals surface area contributed by atoms with Gasteiger partial charge in [0.2, 0.25) is 0 Å². The van der Waals surface area contributed by atoms with E-state index in [1.54, 1.807) is 13.1 Å². The summed E-state index contributed by atoms with van der Waals surface area (Å²) in [6.45, 7) is 10.4. The van der Waals surface area contributed by atoms with Crippen LogP contribution in [0.3, 0.4) is 0 Å². The smallest absolute Gasteiger partial charge is 0.407 e. The number of aliphatic imine (C=N–C) groups is 1. The Morgan fingerprint density at radius 1 is 1.26 bits per heavy atom. The fraction of sp³-hybridized carbons (Fsp3) is 0.632. The molecule has 0 aromatic carbocycles. The number of hydrogen-bond acceptors (Lipinski definition) is 4. The Balaban J connectivity index is 0.00000676. The Kier molecular flexibility index (Phi) is 14.6. The van der Waals surface area contributed by atoms with Gasteiger partial charge in [0.05, 0.1) is 19.2 Å². The Morgan fingerprint density at radius 3 is 2.63 bits per heavy atom. The van der Waals surface area contributed by atoms with E-state index in [1.165, 1.54) is 0 Å². The molecule has 154 valence electrons. The first-order valence-corrected chi connectivity index (χ1v) is 9.40. The molecule has 1 aromatic heterocycles. The highest BCUT2D eigenvalue weighted by Gasteiger charge is 2.14. The third kappa shape index (κ3) is 12.4. The van der Waals surface area contributed by atoms with Crippen LogP contribution in [0.2, 0.25) is 0 Å². The fourth-order valence-corrected chi connectivity index (χ4v) is 2.49. The van der Waals surface area contributed by atoms with Crippen molar-refractivity contribution in [2.45, 2.75) is 46.6 Å².